The first-order valence-corrected chi connectivity index (χ1v) is 8.81. The molecule has 3 nitrogen and oxygen atoms in total. The lowest BCUT2D eigenvalue weighted by molar-refractivity contribution is 0.532. The molecule has 0 spiro atoms. The minimum atomic E-state index is -2.96. The van der Waals surface area contributed by atoms with E-state index in [4.69, 9.17) is 11.6 Å². The summed E-state index contributed by atoms with van der Waals surface area (Å²) >= 11 is 7.37. The Morgan fingerprint density at radius 3 is 2.65 bits per heavy atom. The summed E-state index contributed by atoms with van der Waals surface area (Å²) in [5.74, 6) is 0.169. The maximum atomic E-state index is 11.3. The molecule has 1 aromatic heterocycles. The van der Waals surface area contributed by atoms with Crippen LogP contribution in [-0.4, -0.2) is 33.0 Å². The van der Waals surface area contributed by atoms with Gasteiger partial charge in [-0.2, -0.15) is 0 Å². The molecule has 0 amide bonds. The van der Waals surface area contributed by atoms with Crippen molar-refractivity contribution in [3.63, 3.8) is 0 Å². The van der Waals surface area contributed by atoms with Gasteiger partial charge in [0.05, 0.1) is 10.1 Å². The second-order valence-electron chi connectivity index (χ2n) is 4.15. The van der Waals surface area contributed by atoms with Crippen LogP contribution in [0.2, 0.25) is 4.34 Å². The topological polar surface area (TPSA) is 46.2 Å². The number of hydrogen-bond donors (Lipinski definition) is 1. The number of sulfone groups is 1. The largest absolute Gasteiger partial charge is 0.313 e. The molecular weight excluding hydrogens is 278 g/mol. The van der Waals surface area contributed by atoms with Crippen molar-refractivity contribution in [1.29, 1.82) is 0 Å². The molecule has 1 atom stereocenters. The minimum Gasteiger partial charge on any atom is -0.313 e. The van der Waals surface area contributed by atoms with Crippen LogP contribution in [0.1, 0.15) is 18.2 Å². The molecule has 1 unspecified atom stereocenters. The van der Waals surface area contributed by atoms with Gasteiger partial charge in [0.1, 0.15) is 9.84 Å². The maximum absolute atomic E-state index is 11.3. The van der Waals surface area contributed by atoms with Crippen LogP contribution < -0.4 is 5.32 Å². The van der Waals surface area contributed by atoms with E-state index < -0.39 is 9.84 Å². The molecule has 1 aromatic rings. The summed E-state index contributed by atoms with van der Waals surface area (Å²) in [6, 6.07) is 3.77. The predicted octanol–water partition coefficient (Wildman–Crippen LogP) is 2.36. The minimum absolute atomic E-state index is 0.0281. The zero-order chi connectivity index (χ0) is 12.9. The number of thiophene rings is 1. The smallest absolute Gasteiger partial charge is 0.148 e. The van der Waals surface area contributed by atoms with E-state index >= 15 is 0 Å². The van der Waals surface area contributed by atoms with E-state index in [-0.39, 0.29) is 11.8 Å². The Balaban J connectivity index is 2.63. The average Bonchev–Trinajstić information content (AvgIpc) is 2.58. The van der Waals surface area contributed by atoms with Crippen molar-refractivity contribution in [2.24, 2.45) is 0 Å². The second kappa shape index (κ2) is 6.73. The van der Waals surface area contributed by atoms with Crippen LogP contribution in [0.5, 0.6) is 0 Å². The highest BCUT2D eigenvalue weighted by molar-refractivity contribution is 7.90. The monoisotopic (exact) mass is 295 g/mol. The molecule has 1 heterocycles. The third-order valence-corrected chi connectivity index (χ3v) is 4.52. The number of nitrogens with one attached hydrogen (secondary N) is 1. The third-order valence-electron chi connectivity index (χ3n) is 2.26. The van der Waals surface area contributed by atoms with Gasteiger partial charge in [-0.1, -0.05) is 18.5 Å². The highest BCUT2D eigenvalue weighted by Crippen LogP contribution is 2.22. The van der Waals surface area contributed by atoms with E-state index in [1.54, 1.807) is 0 Å². The Morgan fingerprint density at radius 2 is 2.18 bits per heavy atom. The lowest BCUT2D eigenvalue weighted by Crippen LogP contribution is -2.37. The van der Waals surface area contributed by atoms with Gasteiger partial charge in [0.15, 0.2) is 0 Å². The molecule has 0 aliphatic rings. The maximum Gasteiger partial charge on any atom is 0.148 e. The first-order chi connectivity index (χ1) is 7.90. The quantitative estimate of drug-likeness (QED) is 0.840. The van der Waals surface area contributed by atoms with Crippen LogP contribution in [0, 0.1) is 0 Å². The molecule has 0 aliphatic heterocycles. The van der Waals surface area contributed by atoms with Crippen LogP contribution in [0.4, 0.5) is 0 Å². The molecule has 0 aromatic carbocycles. The Bertz CT molecular complexity index is 442. The highest BCUT2D eigenvalue weighted by atomic mass is 35.5. The zero-order valence-electron chi connectivity index (χ0n) is 10.1. The Morgan fingerprint density at radius 1 is 1.47 bits per heavy atom. The number of halogens is 1. The van der Waals surface area contributed by atoms with Crippen molar-refractivity contribution in [2.75, 3.05) is 18.6 Å². The van der Waals surface area contributed by atoms with E-state index in [0.29, 0.717) is 6.42 Å². The van der Waals surface area contributed by atoms with E-state index in [0.717, 1.165) is 22.2 Å². The fourth-order valence-corrected chi connectivity index (χ4v) is 3.74. The van der Waals surface area contributed by atoms with Crippen LogP contribution in [0.15, 0.2) is 12.1 Å². The Kier molecular flexibility index (Phi) is 5.92. The molecule has 1 rings (SSSR count). The van der Waals surface area contributed by atoms with Crippen molar-refractivity contribution in [2.45, 2.75) is 25.8 Å². The van der Waals surface area contributed by atoms with Crippen LogP contribution in [-0.2, 0) is 16.3 Å². The fourth-order valence-electron chi connectivity index (χ4n) is 1.61. The van der Waals surface area contributed by atoms with E-state index in [9.17, 15) is 8.42 Å². The molecule has 0 fully saturated rings. The fraction of sp³-hybridized carbons (Fsp3) is 0.636. The standard InChI is InChI=1S/C11H18ClNO2S2/c1-3-6-13-9(8-17(2,14)15)7-10-4-5-11(12)16-10/h4-5,9,13H,3,6-8H2,1-2H3. The Hall–Kier alpha value is -0.100. The molecule has 0 aliphatic carbocycles. The third kappa shape index (κ3) is 6.41. The molecule has 0 saturated heterocycles. The Labute approximate surface area is 112 Å². The normalized spacial score (nSPS) is 13.8. The van der Waals surface area contributed by atoms with Gasteiger partial charge in [-0.05, 0) is 31.5 Å². The molecule has 6 heteroatoms. The van der Waals surface area contributed by atoms with Gasteiger partial charge in [0.2, 0.25) is 0 Å². The summed E-state index contributed by atoms with van der Waals surface area (Å²) in [4.78, 5) is 1.12. The second-order valence-corrected chi connectivity index (χ2v) is 8.14. The van der Waals surface area contributed by atoms with E-state index in [1.807, 2.05) is 12.1 Å². The van der Waals surface area contributed by atoms with Crippen LogP contribution in [0.3, 0.4) is 0 Å². The van der Waals surface area contributed by atoms with Gasteiger partial charge < -0.3 is 5.32 Å². The summed E-state index contributed by atoms with van der Waals surface area (Å²) in [6.45, 7) is 2.89. The van der Waals surface area contributed by atoms with E-state index in [1.165, 1.54) is 17.6 Å². The van der Waals surface area contributed by atoms with Crippen molar-refractivity contribution < 1.29 is 8.42 Å². The van der Waals surface area contributed by atoms with Gasteiger partial charge in [-0.3, -0.25) is 0 Å². The molecule has 17 heavy (non-hydrogen) atoms. The van der Waals surface area contributed by atoms with Crippen LogP contribution in [0.25, 0.3) is 0 Å². The highest BCUT2D eigenvalue weighted by Gasteiger charge is 2.16. The summed E-state index contributed by atoms with van der Waals surface area (Å²) in [6.07, 6.45) is 2.98. The number of rotatable bonds is 7. The van der Waals surface area contributed by atoms with Gasteiger partial charge in [0, 0.05) is 17.2 Å². The molecule has 0 bridgehead atoms. The predicted molar refractivity (Wildman–Crippen MR) is 74.8 cm³/mol. The van der Waals surface area contributed by atoms with Gasteiger partial charge in [-0.25, -0.2) is 8.42 Å². The summed E-state index contributed by atoms with van der Waals surface area (Å²) in [7, 11) is -2.96. The number of hydrogen-bond acceptors (Lipinski definition) is 4. The molecule has 1 N–H and O–H groups in total. The first kappa shape index (κ1) is 15.0. The SMILES string of the molecule is CCCNC(Cc1ccc(Cl)s1)CS(C)(=O)=O. The van der Waals surface area contributed by atoms with Crippen molar-refractivity contribution in [3.05, 3.63) is 21.3 Å². The lowest BCUT2D eigenvalue weighted by atomic mass is 10.2. The lowest BCUT2D eigenvalue weighted by Gasteiger charge is -2.16. The van der Waals surface area contributed by atoms with E-state index in [2.05, 4.69) is 12.2 Å². The molecule has 98 valence electrons. The molecule has 0 saturated carbocycles. The summed E-state index contributed by atoms with van der Waals surface area (Å²) < 4.78 is 23.4. The summed E-state index contributed by atoms with van der Waals surface area (Å²) in [5, 5.41) is 3.27. The zero-order valence-corrected chi connectivity index (χ0v) is 12.5. The van der Waals surface area contributed by atoms with Crippen molar-refractivity contribution >= 4 is 32.8 Å². The van der Waals surface area contributed by atoms with Crippen molar-refractivity contribution in [3.8, 4) is 0 Å². The average molecular weight is 296 g/mol. The van der Waals surface area contributed by atoms with Crippen LogP contribution >= 0.6 is 22.9 Å². The van der Waals surface area contributed by atoms with Gasteiger partial charge in [-0.15, -0.1) is 11.3 Å². The first-order valence-electron chi connectivity index (χ1n) is 5.56. The molecule has 0 radical (unpaired) electrons. The van der Waals surface area contributed by atoms with Gasteiger partial charge in [0.25, 0.3) is 0 Å². The van der Waals surface area contributed by atoms with Gasteiger partial charge >= 0.3 is 0 Å². The summed E-state index contributed by atoms with van der Waals surface area (Å²) in [5.41, 5.74) is 0. The molecular formula is C11H18ClNO2S2. The van der Waals surface area contributed by atoms with Crippen molar-refractivity contribution in [1.82, 2.24) is 5.32 Å².